The summed E-state index contributed by atoms with van der Waals surface area (Å²) in [6, 6.07) is 9.87. The molecule has 1 fully saturated rings. The van der Waals surface area contributed by atoms with E-state index in [0.717, 1.165) is 19.6 Å². The third kappa shape index (κ3) is 3.71. The van der Waals surface area contributed by atoms with Gasteiger partial charge < -0.3 is 15.1 Å². The normalized spacial score (nSPS) is 24.6. The lowest BCUT2D eigenvalue weighted by atomic mass is 10.1. The number of hydrogen-bond acceptors (Lipinski definition) is 3. The molecule has 0 amide bonds. The molecule has 1 heterocycles. The van der Waals surface area contributed by atoms with Gasteiger partial charge in [0, 0.05) is 30.9 Å². The van der Waals surface area contributed by atoms with Gasteiger partial charge in [-0.25, -0.2) is 0 Å². The molecule has 0 saturated carbocycles. The predicted octanol–water partition coefficient (Wildman–Crippen LogP) is 2.11. The molecule has 3 heteroatoms. The van der Waals surface area contributed by atoms with E-state index in [-0.39, 0.29) is 0 Å². The van der Waals surface area contributed by atoms with Crippen LogP contribution in [-0.4, -0.2) is 50.7 Å². The highest BCUT2D eigenvalue weighted by Crippen LogP contribution is 2.24. The Bertz CT molecular complexity index is 403. The van der Waals surface area contributed by atoms with Crippen LogP contribution >= 0.6 is 0 Å². The number of hydrogen-bond donors (Lipinski definition) is 1. The molecule has 106 valence electrons. The summed E-state index contributed by atoms with van der Waals surface area (Å²) in [5.41, 5.74) is 2.77. The van der Waals surface area contributed by atoms with Gasteiger partial charge in [-0.15, -0.1) is 0 Å². The molecule has 1 aliphatic heterocycles. The van der Waals surface area contributed by atoms with Crippen molar-refractivity contribution in [2.24, 2.45) is 0 Å². The highest BCUT2D eigenvalue weighted by Gasteiger charge is 2.24. The Kier molecular flexibility index (Phi) is 4.83. The van der Waals surface area contributed by atoms with Gasteiger partial charge in [-0.2, -0.15) is 0 Å². The van der Waals surface area contributed by atoms with E-state index in [0.29, 0.717) is 12.1 Å². The van der Waals surface area contributed by atoms with Crippen molar-refractivity contribution in [3.05, 3.63) is 29.8 Å². The molecule has 2 unspecified atom stereocenters. The summed E-state index contributed by atoms with van der Waals surface area (Å²) >= 11 is 0. The zero-order chi connectivity index (χ0) is 13.8. The summed E-state index contributed by atoms with van der Waals surface area (Å²) in [7, 11) is 4.29. The van der Waals surface area contributed by atoms with Crippen molar-refractivity contribution in [1.29, 1.82) is 0 Å². The smallest absolute Gasteiger partial charge is 0.0398 e. The molecule has 2 rings (SSSR count). The summed E-state index contributed by atoms with van der Waals surface area (Å²) in [6.45, 7) is 7.84. The second-order valence-electron chi connectivity index (χ2n) is 5.99. The Morgan fingerprint density at radius 1 is 1.32 bits per heavy atom. The van der Waals surface area contributed by atoms with Gasteiger partial charge in [-0.3, -0.25) is 0 Å². The number of nitrogens with one attached hydrogen (secondary N) is 1. The molecule has 1 saturated heterocycles. The molecule has 0 aromatic heterocycles. The van der Waals surface area contributed by atoms with E-state index in [9.17, 15) is 0 Å². The molecule has 19 heavy (non-hydrogen) atoms. The standard InChI is InChI=1S/C16H27N3/c1-13-7-5-6-8-16(13)19-12-15(11-18(3)4)17-10-9-14(19)2/h5-8,14-15,17H,9-12H2,1-4H3. The number of likely N-dealkylation sites (N-methyl/N-ethyl adjacent to an activating group) is 1. The maximum atomic E-state index is 3.68. The fraction of sp³-hybridized carbons (Fsp3) is 0.625. The zero-order valence-electron chi connectivity index (χ0n) is 12.7. The molecule has 0 bridgehead atoms. The number of aryl methyl sites for hydroxylation is 1. The average molecular weight is 261 g/mol. The first-order chi connectivity index (χ1) is 9.08. The van der Waals surface area contributed by atoms with Crippen LogP contribution < -0.4 is 10.2 Å². The third-order valence-electron chi connectivity index (χ3n) is 3.95. The van der Waals surface area contributed by atoms with Crippen LogP contribution in [-0.2, 0) is 0 Å². The number of benzene rings is 1. The maximum absolute atomic E-state index is 3.68. The van der Waals surface area contributed by atoms with E-state index in [1.807, 2.05) is 0 Å². The number of nitrogens with zero attached hydrogens (tertiary/aromatic N) is 2. The second kappa shape index (κ2) is 6.40. The van der Waals surface area contributed by atoms with E-state index < -0.39 is 0 Å². The van der Waals surface area contributed by atoms with Gasteiger partial charge in [0.15, 0.2) is 0 Å². The molecule has 1 aliphatic rings. The van der Waals surface area contributed by atoms with Crippen molar-refractivity contribution in [2.75, 3.05) is 38.6 Å². The Hall–Kier alpha value is -1.06. The molecular weight excluding hydrogens is 234 g/mol. The van der Waals surface area contributed by atoms with Gasteiger partial charge in [-0.05, 0) is 52.5 Å². The zero-order valence-corrected chi connectivity index (χ0v) is 12.7. The molecule has 0 radical (unpaired) electrons. The van der Waals surface area contributed by atoms with Crippen LogP contribution in [0.4, 0.5) is 5.69 Å². The highest BCUT2D eigenvalue weighted by molar-refractivity contribution is 5.54. The van der Waals surface area contributed by atoms with Crippen molar-refractivity contribution in [2.45, 2.75) is 32.4 Å². The van der Waals surface area contributed by atoms with Gasteiger partial charge in [0.25, 0.3) is 0 Å². The maximum Gasteiger partial charge on any atom is 0.0398 e. The first-order valence-electron chi connectivity index (χ1n) is 7.28. The molecule has 1 aromatic rings. The first-order valence-corrected chi connectivity index (χ1v) is 7.28. The quantitative estimate of drug-likeness (QED) is 0.899. The largest absolute Gasteiger partial charge is 0.367 e. The van der Waals surface area contributed by atoms with Crippen molar-refractivity contribution in [1.82, 2.24) is 10.2 Å². The molecule has 1 N–H and O–H groups in total. The summed E-state index contributed by atoms with van der Waals surface area (Å²) in [5.74, 6) is 0. The van der Waals surface area contributed by atoms with Crippen molar-refractivity contribution >= 4 is 5.69 Å². The highest BCUT2D eigenvalue weighted by atomic mass is 15.2. The average Bonchev–Trinajstić information content (AvgIpc) is 2.52. The Morgan fingerprint density at radius 2 is 2.05 bits per heavy atom. The van der Waals surface area contributed by atoms with Crippen molar-refractivity contribution in [3.8, 4) is 0 Å². The fourth-order valence-corrected chi connectivity index (χ4v) is 2.92. The minimum absolute atomic E-state index is 0.541. The fourth-order valence-electron chi connectivity index (χ4n) is 2.92. The van der Waals surface area contributed by atoms with Crippen molar-refractivity contribution in [3.63, 3.8) is 0 Å². The topological polar surface area (TPSA) is 18.5 Å². The Morgan fingerprint density at radius 3 is 2.74 bits per heavy atom. The number of anilines is 1. The van der Waals surface area contributed by atoms with Gasteiger partial charge in [0.2, 0.25) is 0 Å². The minimum atomic E-state index is 0.541. The summed E-state index contributed by atoms with van der Waals surface area (Å²) in [5, 5.41) is 3.68. The van der Waals surface area contributed by atoms with Crippen LogP contribution in [0.25, 0.3) is 0 Å². The second-order valence-corrected chi connectivity index (χ2v) is 5.99. The lowest BCUT2D eigenvalue weighted by molar-refractivity contribution is 0.346. The molecule has 0 spiro atoms. The van der Waals surface area contributed by atoms with Gasteiger partial charge in [-0.1, -0.05) is 18.2 Å². The van der Waals surface area contributed by atoms with Crippen LogP contribution in [0.5, 0.6) is 0 Å². The summed E-state index contributed by atoms with van der Waals surface area (Å²) < 4.78 is 0. The SMILES string of the molecule is Cc1ccccc1N1CC(CN(C)C)NCCC1C. The van der Waals surface area contributed by atoms with Gasteiger partial charge in [0.1, 0.15) is 0 Å². The van der Waals surface area contributed by atoms with E-state index in [1.54, 1.807) is 0 Å². The van der Waals surface area contributed by atoms with Gasteiger partial charge >= 0.3 is 0 Å². The molecule has 3 nitrogen and oxygen atoms in total. The molecule has 0 aliphatic carbocycles. The van der Waals surface area contributed by atoms with Crippen LogP contribution in [0.3, 0.4) is 0 Å². The minimum Gasteiger partial charge on any atom is -0.367 e. The van der Waals surface area contributed by atoms with Crippen molar-refractivity contribution < 1.29 is 0 Å². The molecule has 1 aromatic carbocycles. The van der Waals surface area contributed by atoms with E-state index >= 15 is 0 Å². The number of rotatable bonds is 3. The van der Waals surface area contributed by atoms with E-state index in [1.165, 1.54) is 17.7 Å². The molecular formula is C16H27N3. The van der Waals surface area contributed by atoms with E-state index in [4.69, 9.17) is 0 Å². The lowest BCUT2D eigenvalue weighted by Gasteiger charge is -2.33. The lowest BCUT2D eigenvalue weighted by Crippen LogP contribution is -2.45. The van der Waals surface area contributed by atoms with E-state index in [2.05, 4.69) is 67.3 Å². The van der Waals surface area contributed by atoms with Crippen LogP contribution in [0, 0.1) is 6.92 Å². The summed E-state index contributed by atoms with van der Waals surface area (Å²) in [6.07, 6.45) is 1.21. The Labute approximate surface area is 117 Å². The summed E-state index contributed by atoms with van der Waals surface area (Å²) in [4.78, 5) is 4.84. The number of para-hydroxylation sites is 1. The van der Waals surface area contributed by atoms with Gasteiger partial charge in [0.05, 0.1) is 0 Å². The third-order valence-corrected chi connectivity index (χ3v) is 3.95. The Balaban J connectivity index is 2.18. The monoisotopic (exact) mass is 261 g/mol. The first kappa shape index (κ1) is 14.4. The molecule has 2 atom stereocenters. The van der Waals surface area contributed by atoms with Crippen LogP contribution in [0.2, 0.25) is 0 Å². The van der Waals surface area contributed by atoms with Crippen LogP contribution in [0.15, 0.2) is 24.3 Å². The van der Waals surface area contributed by atoms with Crippen LogP contribution in [0.1, 0.15) is 18.9 Å². The predicted molar refractivity (Wildman–Crippen MR) is 82.9 cm³/mol.